The van der Waals surface area contributed by atoms with Crippen molar-refractivity contribution in [3.05, 3.63) is 24.3 Å². The molecule has 7 nitrogen and oxygen atoms in total. The van der Waals surface area contributed by atoms with Crippen LogP contribution in [-0.4, -0.2) is 42.6 Å². The summed E-state index contributed by atoms with van der Waals surface area (Å²) in [5.74, 6) is 1.41. The van der Waals surface area contributed by atoms with Crippen LogP contribution in [0.5, 0.6) is 0 Å². The molecule has 0 aromatic carbocycles. The minimum absolute atomic E-state index is 0.161. The van der Waals surface area contributed by atoms with Gasteiger partial charge in [-0.2, -0.15) is 9.98 Å². The standard InChI is InChI=1S/C29H40N2O5/c1-19(2)30-26(33)35-17-28(13-21-5-9-23(28)10-6-21)15-25(32)16-29(18-36-27(34)31-20(3)4)14-22-7-11-24(29)12-8-22/h5,7,9,11,21-24H,6,8,10,12-18H2,1-4H3. The van der Waals surface area contributed by atoms with Gasteiger partial charge < -0.3 is 9.47 Å². The molecule has 196 valence electrons. The topological polar surface area (TPSA) is 94.4 Å². The lowest BCUT2D eigenvalue weighted by molar-refractivity contribution is -0.130. The van der Waals surface area contributed by atoms with Crippen molar-refractivity contribution < 1.29 is 23.9 Å². The van der Waals surface area contributed by atoms with E-state index in [1.165, 1.54) is 0 Å². The molecule has 4 bridgehead atoms. The number of nitrogens with zero attached hydrogens (tertiary/aromatic N) is 2. The maximum Gasteiger partial charge on any atom is 0.433 e. The molecule has 2 fully saturated rings. The number of fused-ring (bicyclic) bond motifs is 4. The molecule has 7 heteroatoms. The second-order valence-corrected chi connectivity index (χ2v) is 11.9. The van der Waals surface area contributed by atoms with E-state index in [1.807, 2.05) is 0 Å². The van der Waals surface area contributed by atoms with Gasteiger partial charge in [0.25, 0.3) is 0 Å². The number of ketones is 1. The van der Waals surface area contributed by atoms with E-state index >= 15 is 0 Å². The SMILES string of the molecule is CC(C)=NC(=O)OCC1(CC(=O)CC2(COC(=O)N=C(C)C)CC3C=CC2CC3)CC2C=CC1CC2. The Morgan fingerprint density at radius 2 is 1.11 bits per heavy atom. The lowest BCUT2D eigenvalue weighted by Gasteiger charge is -2.50. The Balaban J connectivity index is 1.51. The van der Waals surface area contributed by atoms with E-state index in [-0.39, 0.29) is 30.8 Å². The first kappa shape index (κ1) is 26.5. The van der Waals surface area contributed by atoms with Gasteiger partial charge in [-0.05, 0) is 89.9 Å². The van der Waals surface area contributed by atoms with Crippen molar-refractivity contribution in [3.8, 4) is 0 Å². The molecule has 0 aliphatic heterocycles. The third kappa shape index (κ3) is 6.04. The van der Waals surface area contributed by atoms with Crippen LogP contribution in [0.3, 0.4) is 0 Å². The van der Waals surface area contributed by atoms with Gasteiger partial charge in [0.2, 0.25) is 0 Å². The Hall–Kier alpha value is -2.57. The fourth-order valence-corrected chi connectivity index (χ4v) is 6.99. The summed E-state index contributed by atoms with van der Waals surface area (Å²) in [7, 11) is 0. The number of aliphatic imine (C=N–C) groups is 2. The van der Waals surface area contributed by atoms with Crippen LogP contribution in [0.4, 0.5) is 9.59 Å². The van der Waals surface area contributed by atoms with Crippen LogP contribution >= 0.6 is 0 Å². The summed E-state index contributed by atoms with van der Waals surface area (Å²) in [6.45, 7) is 7.46. The maximum atomic E-state index is 13.8. The highest BCUT2D eigenvalue weighted by Crippen LogP contribution is 2.54. The predicted octanol–water partition coefficient (Wildman–Crippen LogP) is 6.52. The van der Waals surface area contributed by atoms with Crippen molar-refractivity contribution in [2.75, 3.05) is 13.2 Å². The van der Waals surface area contributed by atoms with Crippen molar-refractivity contribution in [3.63, 3.8) is 0 Å². The van der Waals surface area contributed by atoms with Gasteiger partial charge in [0.1, 0.15) is 5.78 Å². The molecule has 0 heterocycles. The number of rotatable bonds is 8. The van der Waals surface area contributed by atoms with E-state index in [1.54, 1.807) is 27.7 Å². The molecule has 6 atom stereocenters. The minimum atomic E-state index is -0.586. The fraction of sp³-hybridized carbons (Fsp3) is 0.690. The molecule has 2 saturated carbocycles. The molecule has 0 saturated heterocycles. The summed E-state index contributed by atoms with van der Waals surface area (Å²) in [5, 5.41) is 0. The Labute approximate surface area is 214 Å². The molecule has 0 aromatic rings. The molecule has 0 N–H and O–H groups in total. The molecule has 6 aliphatic rings. The number of hydrogen-bond donors (Lipinski definition) is 0. The van der Waals surface area contributed by atoms with Crippen LogP contribution in [0.15, 0.2) is 34.3 Å². The quantitative estimate of drug-likeness (QED) is 0.282. The van der Waals surface area contributed by atoms with Crippen LogP contribution in [0.25, 0.3) is 0 Å². The second kappa shape index (κ2) is 10.8. The molecule has 6 aliphatic carbocycles. The highest BCUT2D eigenvalue weighted by atomic mass is 16.6. The van der Waals surface area contributed by atoms with Crippen molar-refractivity contribution in [2.24, 2.45) is 44.5 Å². The summed E-state index contributed by atoms with van der Waals surface area (Å²) in [6, 6.07) is 0. The Kier molecular flexibility index (Phi) is 7.96. The highest BCUT2D eigenvalue weighted by molar-refractivity contribution is 5.90. The second-order valence-electron chi connectivity index (χ2n) is 11.9. The summed E-state index contributed by atoms with van der Waals surface area (Å²) >= 11 is 0. The average molecular weight is 497 g/mol. The molecule has 6 unspecified atom stereocenters. The van der Waals surface area contributed by atoms with Crippen LogP contribution in [0.1, 0.15) is 79.1 Å². The summed E-state index contributed by atoms with van der Waals surface area (Å²) in [6.07, 6.45) is 14.5. The van der Waals surface area contributed by atoms with Crippen molar-refractivity contribution in [2.45, 2.75) is 79.1 Å². The molecule has 0 spiro atoms. The molecular formula is C29H40N2O5. The smallest absolute Gasteiger partial charge is 0.433 e. The summed E-state index contributed by atoms with van der Waals surface area (Å²) in [5.41, 5.74) is 0.503. The van der Waals surface area contributed by atoms with Crippen LogP contribution in [-0.2, 0) is 14.3 Å². The van der Waals surface area contributed by atoms with Crippen LogP contribution in [0.2, 0.25) is 0 Å². The molecule has 0 aromatic heterocycles. The van der Waals surface area contributed by atoms with Gasteiger partial charge in [-0.25, -0.2) is 9.59 Å². The molecule has 0 radical (unpaired) electrons. The lowest BCUT2D eigenvalue weighted by Crippen LogP contribution is -2.47. The number of carbonyl (C=O) groups excluding carboxylic acids is 3. The van der Waals surface area contributed by atoms with E-state index in [0.29, 0.717) is 36.1 Å². The molecule has 6 rings (SSSR count). The first-order valence-electron chi connectivity index (χ1n) is 13.3. The van der Waals surface area contributed by atoms with Gasteiger partial charge in [0.05, 0.1) is 13.2 Å². The minimum Gasteiger partial charge on any atom is -0.447 e. The number of amides is 2. The van der Waals surface area contributed by atoms with Crippen LogP contribution in [0, 0.1) is 34.5 Å². The average Bonchev–Trinajstić information content (AvgIpc) is 2.82. The Bertz CT molecular complexity index is 925. The monoisotopic (exact) mass is 496 g/mol. The number of carbonyl (C=O) groups is 3. The van der Waals surface area contributed by atoms with Gasteiger partial charge in [-0.3, -0.25) is 4.79 Å². The molecular weight excluding hydrogens is 456 g/mol. The van der Waals surface area contributed by atoms with Gasteiger partial charge in [0.15, 0.2) is 0 Å². The zero-order chi connectivity index (χ0) is 25.9. The number of ether oxygens (including phenoxy) is 2. The Morgan fingerprint density at radius 1 is 0.694 bits per heavy atom. The maximum absolute atomic E-state index is 13.8. The summed E-state index contributed by atoms with van der Waals surface area (Å²) in [4.78, 5) is 46.1. The predicted molar refractivity (Wildman–Crippen MR) is 139 cm³/mol. The molecule has 36 heavy (non-hydrogen) atoms. The third-order valence-electron chi connectivity index (χ3n) is 8.53. The van der Waals surface area contributed by atoms with E-state index < -0.39 is 23.0 Å². The van der Waals surface area contributed by atoms with Gasteiger partial charge in [-0.1, -0.05) is 24.3 Å². The van der Waals surface area contributed by atoms with Crippen molar-refractivity contribution in [1.29, 1.82) is 0 Å². The van der Waals surface area contributed by atoms with E-state index in [9.17, 15) is 14.4 Å². The number of hydrogen-bond acceptors (Lipinski definition) is 5. The molecule has 2 amide bonds. The normalized spacial score (nSPS) is 33.7. The van der Waals surface area contributed by atoms with Crippen LogP contribution < -0.4 is 0 Å². The van der Waals surface area contributed by atoms with Gasteiger partial charge in [-0.15, -0.1) is 0 Å². The van der Waals surface area contributed by atoms with Crippen molar-refractivity contribution >= 4 is 29.4 Å². The first-order chi connectivity index (χ1) is 17.1. The fourth-order valence-electron chi connectivity index (χ4n) is 6.99. The Morgan fingerprint density at radius 3 is 1.39 bits per heavy atom. The van der Waals surface area contributed by atoms with E-state index in [4.69, 9.17) is 9.47 Å². The highest BCUT2D eigenvalue weighted by Gasteiger charge is 2.51. The van der Waals surface area contributed by atoms with Gasteiger partial charge >= 0.3 is 12.2 Å². The van der Waals surface area contributed by atoms with E-state index in [2.05, 4.69) is 34.3 Å². The largest absolute Gasteiger partial charge is 0.447 e. The lowest BCUT2D eigenvalue weighted by atomic mass is 9.55. The third-order valence-corrected chi connectivity index (χ3v) is 8.53. The zero-order valence-corrected chi connectivity index (χ0v) is 22.1. The number of Topliss-reactive ketones (excluding diaryl/α,β-unsaturated/α-hetero) is 1. The first-order valence-corrected chi connectivity index (χ1v) is 13.3. The summed E-state index contributed by atoms with van der Waals surface area (Å²) < 4.78 is 11.2. The zero-order valence-electron chi connectivity index (χ0n) is 22.1. The van der Waals surface area contributed by atoms with Crippen molar-refractivity contribution in [1.82, 2.24) is 0 Å². The van der Waals surface area contributed by atoms with E-state index in [0.717, 1.165) is 38.5 Å². The van der Waals surface area contributed by atoms with Gasteiger partial charge in [0, 0.05) is 35.1 Å². The number of allylic oxidation sites excluding steroid dienone is 4.